The van der Waals surface area contributed by atoms with Gasteiger partial charge in [-0.15, -0.1) is 0 Å². The van der Waals surface area contributed by atoms with E-state index in [-0.39, 0.29) is 30.0 Å². The summed E-state index contributed by atoms with van der Waals surface area (Å²) < 4.78 is 5.98. The highest BCUT2D eigenvalue weighted by molar-refractivity contribution is 5.78. The number of nitrogens with one attached hydrogen (secondary N) is 2. The van der Waals surface area contributed by atoms with Crippen LogP contribution in [0.25, 0.3) is 0 Å². The van der Waals surface area contributed by atoms with Gasteiger partial charge in [0, 0.05) is 12.3 Å². The van der Waals surface area contributed by atoms with Gasteiger partial charge in [-0.3, -0.25) is 4.79 Å². The summed E-state index contributed by atoms with van der Waals surface area (Å²) in [6.45, 7) is 5.71. The second-order valence-electron chi connectivity index (χ2n) is 6.32. The monoisotopic (exact) mass is 290 g/mol. The van der Waals surface area contributed by atoms with Crippen LogP contribution < -0.4 is 15.4 Å². The number of hydrogen-bond acceptors (Lipinski definition) is 4. The Kier molecular flexibility index (Phi) is 3.53. The van der Waals surface area contributed by atoms with E-state index in [0.29, 0.717) is 6.42 Å². The van der Waals surface area contributed by atoms with Gasteiger partial charge in [0.25, 0.3) is 0 Å². The summed E-state index contributed by atoms with van der Waals surface area (Å²) in [6.07, 6.45) is -0.149. The van der Waals surface area contributed by atoms with Gasteiger partial charge in [0.15, 0.2) is 0 Å². The summed E-state index contributed by atoms with van der Waals surface area (Å²) >= 11 is 0. The molecule has 0 saturated heterocycles. The zero-order chi connectivity index (χ0) is 15.1. The number of aryl methyl sites for hydroxylation is 1. The maximum atomic E-state index is 11.8. The van der Waals surface area contributed by atoms with E-state index in [1.54, 1.807) is 0 Å². The van der Waals surface area contributed by atoms with E-state index in [4.69, 9.17) is 4.74 Å². The van der Waals surface area contributed by atoms with E-state index >= 15 is 0 Å². The molecule has 1 aromatic carbocycles. The fourth-order valence-corrected chi connectivity index (χ4v) is 3.00. The molecule has 0 spiro atoms. The zero-order valence-corrected chi connectivity index (χ0v) is 12.6. The van der Waals surface area contributed by atoms with Gasteiger partial charge in [-0.25, -0.2) is 0 Å². The van der Waals surface area contributed by atoms with Crippen molar-refractivity contribution in [3.63, 3.8) is 0 Å². The molecule has 1 amide bonds. The molecule has 0 bridgehead atoms. The first kappa shape index (κ1) is 14.2. The van der Waals surface area contributed by atoms with E-state index < -0.39 is 6.10 Å². The maximum absolute atomic E-state index is 11.8. The number of hydrogen-bond donors (Lipinski definition) is 3. The molecule has 4 atom stereocenters. The van der Waals surface area contributed by atoms with Crippen LogP contribution in [0.5, 0.6) is 5.75 Å². The first-order chi connectivity index (χ1) is 9.95. The molecule has 1 saturated carbocycles. The van der Waals surface area contributed by atoms with Crippen molar-refractivity contribution in [3.8, 4) is 5.75 Å². The number of fused-ring (bicyclic) bond motifs is 2. The fourth-order valence-electron chi connectivity index (χ4n) is 3.00. The number of amides is 1. The van der Waals surface area contributed by atoms with Crippen molar-refractivity contribution >= 4 is 11.6 Å². The van der Waals surface area contributed by atoms with Crippen molar-refractivity contribution in [2.75, 3.05) is 5.32 Å². The van der Waals surface area contributed by atoms with Crippen molar-refractivity contribution in [1.82, 2.24) is 5.32 Å². The van der Waals surface area contributed by atoms with Crippen molar-refractivity contribution in [2.24, 2.45) is 5.92 Å². The van der Waals surface area contributed by atoms with Gasteiger partial charge in [-0.2, -0.15) is 0 Å². The van der Waals surface area contributed by atoms with E-state index in [1.807, 2.05) is 39.0 Å². The summed E-state index contributed by atoms with van der Waals surface area (Å²) in [4.78, 5) is 11.8. The Morgan fingerprint density at radius 3 is 2.95 bits per heavy atom. The molecule has 1 heterocycles. The molecular weight excluding hydrogens is 268 g/mol. The third kappa shape index (κ3) is 2.58. The molecule has 1 aliphatic carbocycles. The fraction of sp³-hybridized carbons (Fsp3) is 0.562. The van der Waals surface area contributed by atoms with Crippen LogP contribution in [0.3, 0.4) is 0 Å². The Bertz CT molecular complexity index is 558. The van der Waals surface area contributed by atoms with Crippen LogP contribution in [0.2, 0.25) is 0 Å². The van der Waals surface area contributed by atoms with Gasteiger partial charge in [0.2, 0.25) is 5.91 Å². The molecular formula is C16H22N2O3. The lowest BCUT2D eigenvalue weighted by molar-refractivity contribution is -0.125. The number of carbonyl (C=O) groups excluding carboxylic acids is 1. The predicted octanol–water partition coefficient (Wildman–Crippen LogP) is 1.44. The van der Waals surface area contributed by atoms with E-state index in [9.17, 15) is 9.90 Å². The van der Waals surface area contributed by atoms with Crippen LogP contribution in [-0.2, 0) is 4.79 Å². The van der Waals surface area contributed by atoms with E-state index in [0.717, 1.165) is 17.0 Å². The summed E-state index contributed by atoms with van der Waals surface area (Å²) in [7, 11) is 0. The molecule has 0 unspecified atom stereocenters. The molecule has 1 aromatic rings. The second kappa shape index (κ2) is 5.22. The standard InChI is InChI=1S/C16H22N2O3/c1-8(2)16(20)18-11-7-13-14(15(11)19)17-10-6-9(3)4-5-12(10)21-13/h4-6,8,11,13-15,17,19H,7H2,1-3H3,(H,18,20)/t11-,13-,14-,15-/m1/s1. The Hall–Kier alpha value is -1.75. The number of ether oxygens (including phenoxy) is 1. The Morgan fingerprint density at radius 1 is 1.48 bits per heavy atom. The molecule has 3 N–H and O–H groups in total. The molecule has 1 aliphatic heterocycles. The number of rotatable bonds is 2. The van der Waals surface area contributed by atoms with Gasteiger partial charge in [-0.05, 0) is 24.6 Å². The molecule has 5 nitrogen and oxygen atoms in total. The molecule has 3 rings (SSSR count). The third-order valence-electron chi connectivity index (χ3n) is 4.25. The van der Waals surface area contributed by atoms with Crippen molar-refractivity contribution in [3.05, 3.63) is 23.8 Å². The number of aliphatic hydroxyl groups is 1. The van der Waals surface area contributed by atoms with Crippen LogP contribution in [-0.4, -0.2) is 35.3 Å². The van der Waals surface area contributed by atoms with Crippen LogP contribution in [0.4, 0.5) is 5.69 Å². The lowest BCUT2D eigenvalue weighted by Crippen LogP contribution is -2.48. The largest absolute Gasteiger partial charge is 0.486 e. The highest BCUT2D eigenvalue weighted by Crippen LogP contribution is 2.38. The smallest absolute Gasteiger partial charge is 0.222 e. The van der Waals surface area contributed by atoms with Gasteiger partial charge in [-0.1, -0.05) is 19.9 Å². The molecule has 0 radical (unpaired) electrons. The molecule has 0 aromatic heterocycles. The Morgan fingerprint density at radius 2 is 2.24 bits per heavy atom. The maximum Gasteiger partial charge on any atom is 0.222 e. The van der Waals surface area contributed by atoms with Crippen LogP contribution >= 0.6 is 0 Å². The molecule has 2 aliphatic rings. The minimum Gasteiger partial charge on any atom is -0.486 e. The number of benzene rings is 1. The van der Waals surface area contributed by atoms with Crippen LogP contribution in [0, 0.1) is 12.8 Å². The number of carbonyl (C=O) groups is 1. The summed E-state index contributed by atoms with van der Waals surface area (Å²) in [5.41, 5.74) is 2.05. The Labute approximate surface area is 124 Å². The first-order valence-corrected chi connectivity index (χ1v) is 7.48. The molecule has 1 fully saturated rings. The summed E-state index contributed by atoms with van der Waals surface area (Å²) in [5.74, 6) is 0.685. The lowest BCUT2D eigenvalue weighted by Gasteiger charge is -2.32. The number of anilines is 1. The average Bonchev–Trinajstić information content (AvgIpc) is 2.73. The van der Waals surface area contributed by atoms with E-state index in [2.05, 4.69) is 10.6 Å². The summed E-state index contributed by atoms with van der Waals surface area (Å²) in [5, 5.41) is 16.7. The van der Waals surface area contributed by atoms with Gasteiger partial charge in [0.05, 0.1) is 23.9 Å². The minimum atomic E-state index is -0.647. The Balaban J connectivity index is 1.75. The second-order valence-corrected chi connectivity index (χ2v) is 6.32. The lowest BCUT2D eigenvalue weighted by atomic mass is 10.1. The number of aliphatic hydroxyl groups excluding tert-OH is 1. The average molecular weight is 290 g/mol. The van der Waals surface area contributed by atoms with Gasteiger partial charge >= 0.3 is 0 Å². The predicted molar refractivity (Wildman–Crippen MR) is 80.4 cm³/mol. The van der Waals surface area contributed by atoms with Gasteiger partial charge < -0.3 is 20.5 Å². The van der Waals surface area contributed by atoms with Crippen molar-refractivity contribution < 1.29 is 14.6 Å². The summed E-state index contributed by atoms with van der Waals surface area (Å²) in [6, 6.07) is 5.51. The quantitative estimate of drug-likeness (QED) is 0.771. The highest BCUT2D eigenvalue weighted by atomic mass is 16.5. The van der Waals surface area contributed by atoms with Crippen LogP contribution in [0.1, 0.15) is 25.8 Å². The van der Waals surface area contributed by atoms with Gasteiger partial charge in [0.1, 0.15) is 11.9 Å². The highest BCUT2D eigenvalue weighted by Gasteiger charge is 2.47. The zero-order valence-electron chi connectivity index (χ0n) is 12.6. The van der Waals surface area contributed by atoms with E-state index in [1.165, 1.54) is 0 Å². The normalized spacial score (nSPS) is 30.1. The molecule has 5 heteroatoms. The minimum absolute atomic E-state index is 0.0361. The topological polar surface area (TPSA) is 70.6 Å². The van der Waals surface area contributed by atoms with Crippen molar-refractivity contribution in [1.29, 1.82) is 0 Å². The third-order valence-corrected chi connectivity index (χ3v) is 4.25. The van der Waals surface area contributed by atoms with Crippen molar-refractivity contribution in [2.45, 2.75) is 51.5 Å². The van der Waals surface area contributed by atoms with Crippen LogP contribution in [0.15, 0.2) is 18.2 Å². The molecule has 114 valence electrons. The molecule has 21 heavy (non-hydrogen) atoms. The first-order valence-electron chi connectivity index (χ1n) is 7.48. The SMILES string of the molecule is Cc1ccc2c(c1)N[C@H]1[C@H](O)[C@H](NC(=O)C(C)C)C[C@H]1O2.